The van der Waals surface area contributed by atoms with Gasteiger partial charge in [0.1, 0.15) is 13.2 Å². The van der Waals surface area contributed by atoms with Crippen molar-refractivity contribution in [3.63, 3.8) is 0 Å². The first-order valence-corrected chi connectivity index (χ1v) is 10.7. The summed E-state index contributed by atoms with van der Waals surface area (Å²) in [6, 6.07) is 10.5. The number of hydrogen-bond donors (Lipinski definition) is 0. The highest BCUT2D eigenvalue weighted by molar-refractivity contribution is 7.16. The van der Waals surface area contributed by atoms with Crippen LogP contribution in [0.3, 0.4) is 0 Å². The highest BCUT2D eigenvalue weighted by atomic mass is 35.5. The molecule has 0 unspecified atom stereocenters. The number of thiazole rings is 1. The van der Waals surface area contributed by atoms with E-state index in [0.717, 1.165) is 10.2 Å². The van der Waals surface area contributed by atoms with Crippen molar-refractivity contribution in [3.8, 4) is 11.5 Å². The summed E-state index contributed by atoms with van der Waals surface area (Å²) in [5.74, 6) is 0.511. The number of amides is 1. The predicted molar refractivity (Wildman–Crippen MR) is 113 cm³/mol. The van der Waals surface area contributed by atoms with Gasteiger partial charge in [-0.15, -0.1) is 0 Å². The first kappa shape index (κ1) is 20.4. The number of rotatable bonds is 5. The average Bonchev–Trinajstić information content (AvgIpc) is 3.06. The third-order valence-corrected chi connectivity index (χ3v) is 5.86. The van der Waals surface area contributed by atoms with E-state index in [1.165, 1.54) is 11.3 Å². The molecule has 30 heavy (non-hydrogen) atoms. The topological polar surface area (TPSA) is 79.1 Å². The summed E-state index contributed by atoms with van der Waals surface area (Å²) >= 11 is 7.48. The summed E-state index contributed by atoms with van der Waals surface area (Å²) in [5, 5.41) is 0.336. The Morgan fingerprint density at radius 3 is 2.67 bits per heavy atom. The number of ether oxygens (including phenoxy) is 3. The van der Waals surface area contributed by atoms with Gasteiger partial charge in [0, 0.05) is 18.7 Å². The van der Waals surface area contributed by atoms with Crippen LogP contribution in [0.2, 0.25) is 5.02 Å². The van der Waals surface area contributed by atoms with Gasteiger partial charge in [-0.25, -0.2) is 0 Å². The zero-order valence-electron chi connectivity index (χ0n) is 16.2. The molecule has 0 fully saturated rings. The van der Waals surface area contributed by atoms with Crippen molar-refractivity contribution in [1.29, 1.82) is 0 Å². The molecule has 0 saturated heterocycles. The number of fused-ring (bicyclic) bond motifs is 2. The average molecular weight is 447 g/mol. The Balaban J connectivity index is 1.80. The molecule has 9 heteroatoms. The Kier molecular flexibility index (Phi) is 6.06. The number of benzene rings is 2. The summed E-state index contributed by atoms with van der Waals surface area (Å²) in [5.41, 5.74) is 1.12. The molecule has 156 valence electrons. The molecule has 4 rings (SSSR count). The molecule has 0 spiro atoms. The number of esters is 1. The van der Waals surface area contributed by atoms with E-state index >= 15 is 0 Å². The zero-order valence-corrected chi connectivity index (χ0v) is 17.8. The second-order valence-electron chi connectivity index (χ2n) is 6.45. The van der Waals surface area contributed by atoms with Crippen molar-refractivity contribution in [2.45, 2.75) is 19.9 Å². The van der Waals surface area contributed by atoms with Gasteiger partial charge in [0.15, 0.2) is 16.3 Å². The second-order valence-corrected chi connectivity index (χ2v) is 7.87. The molecule has 1 aliphatic rings. The first-order valence-electron chi connectivity index (χ1n) is 9.49. The van der Waals surface area contributed by atoms with Gasteiger partial charge in [0.05, 0.1) is 33.8 Å². The predicted octanol–water partition coefficient (Wildman–Crippen LogP) is 3.82. The van der Waals surface area contributed by atoms with Crippen LogP contribution in [0.1, 0.15) is 23.7 Å². The minimum Gasteiger partial charge on any atom is -0.486 e. The molecule has 0 saturated carbocycles. The Bertz CT molecular complexity index is 1180. The molecular formula is C21H19ClN2O5S. The van der Waals surface area contributed by atoms with Crippen LogP contribution in [0.4, 0.5) is 0 Å². The van der Waals surface area contributed by atoms with Gasteiger partial charge >= 0.3 is 5.97 Å². The van der Waals surface area contributed by atoms with Gasteiger partial charge in [0.25, 0.3) is 5.91 Å². The van der Waals surface area contributed by atoms with Crippen LogP contribution in [-0.4, -0.2) is 36.3 Å². The standard InChI is InChI=1S/C21H19ClN2O5S/c1-2-27-19(25)7-8-24-15-11-16-17(29-10-9-28-16)12-18(15)30-21(24)23-20(26)13-5-3-4-6-14(13)22/h3-6,11-12H,2,7-10H2,1H3. The summed E-state index contributed by atoms with van der Waals surface area (Å²) in [6.45, 7) is 3.34. The van der Waals surface area contributed by atoms with E-state index in [0.29, 0.717) is 53.3 Å². The zero-order chi connectivity index (χ0) is 21.1. The van der Waals surface area contributed by atoms with Gasteiger partial charge in [-0.1, -0.05) is 35.1 Å². The molecule has 2 aromatic carbocycles. The third-order valence-electron chi connectivity index (χ3n) is 4.49. The van der Waals surface area contributed by atoms with Crippen LogP contribution >= 0.6 is 22.9 Å². The largest absolute Gasteiger partial charge is 0.486 e. The molecule has 0 bridgehead atoms. The number of aryl methyl sites for hydroxylation is 1. The molecule has 3 aromatic rings. The second kappa shape index (κ2) is 8.89. The van der Waals surface area contributed by atoms with Crippen LogP contribution in [0.15, 0.2) is 41.4 Å². The number of halogens is 1. The minimum absolute atomic E-state index is 0.154. The van der Waals surface area contributed by atoms with Crippen LogP contribution in [0.5, 0.6) is 11.5 Å². The maximum atomic E-state index is 12.8. The number of nitrogens with zero attached hydrogens (tertiary/aromatic N) is 2. The van der Waals surface area contributed by atoms with Crippen LogP contribution in [0, 0.1) is 0 Å². The van der Waals surface area contributed by atoms with Crippen molar-refractivity contribution in [3.05, 3.63) is 51.8 Å². The Hall–Kier alpha value is -2.84. The van der Waals surface area contributed by atoms with Crippen molar-refractivity contribution in [2.75, 3.05) is 19.8 Å². The molecule has 1 amide bonds. The van der Waals surface area contributed by atoms with Crippen molar-refractivity contribution in [2.24, 2.45) is 4.99 Å². The fraction of sp³-hybridized carbons (Fsp3) is 0.286. The molecule has 0 radical (unpaired) electrons. The highest BCUT2D eigenvalue weighted by Crippen LogP contribution is 2.35. The van der Waals surface area contributed by atoms with Crippen molar-refractivity contribution < 1.29 is 23.8 Å². The Morgan fingerprint density at radius 1 is 1.20 bits per heavy atom. The molecule has 1 aromatic heterocycles. The Morgan fingerprint density at radius 2 is 1.93 bits per heavy atom. The van der Waals surface area contributed by atoms with E-state index < -0.39 is 5.91 Å². The number of carbonyl (C=O) groups is 2. The van der Waals surface area contributed by atoms with E-state index in [1.807, 2.05) is 16.7 Å². The summed E-state index contributed by atoms with van der Waals surface area (Å²) in [4.78, 5) is 29.4. The number of aromatic nitrogens is 1. The molecule has 1 aliphatic heterocycles. The lowest BCUT2D eigenvalue weighted by Gasteiger charge is -2.18. The molecule has 7 nitrogen and oxygen atoms in total. The lowest BCUT2D eigenvalue weighted by atomic mass is 10.2. The fourth-order valence-electron chi connectivity index (χ4n) is 3.13. The number of hydrogen-bond acceptors (Lipinski definition) is 6. The van der Waals surface area contributed by atoms with Gasteiger partial charge in [0.2, 0.25) is 0 Å². The van der Waals surface area contributed by atoms with Crippen molar-refractivity contribution in [1.82, 2.24) is 4.57 Å². The highest BCUT2D eigenvalue weighted by Gasteiger charge is 2.18. The maximum Gasteiger partial charge on any atom is 0.307 e. The van der Waals surface area contributed by atoms with E-state index in [9.17, 15) is 9.59 Å². The summed E-state index contributed by atoms with van der Waals surface area (Å²) < 4.78 is 19.1. The van der Waals surface area contributed by atoms with E-state index in [1.54, 1.807) is 31.2 Å². The van der Waals surface area contributed by atoms with Gasteiger partial charge in [-0.05, 0) is 19.1 Å². The van der Waals surface area contributed by atoms with Crippen molar-refractivity contribution >= 4 is 45.0 Å². The van der Waals surface area contributed by atoms with Gasteiger partial charge in [-0.2, -0.15) is 4.99 Å². The van der Waals surface area contributed by atoms with Gasteiger partial charge in [-0.3, -0.25) is 9.59 Å². The SMILES string of the molecule is CCOC(=O)CCn1c(=NC(=O)c2ccccc2Cl)sc2cc3c(cc21)OCCO3. The third kappa shape index (κ3) is 4.20. The van der Waals surface area contributed by atoms with E-state index in [2.05, 4.69) is 4.99 Å². The quantitative estimate of drug-likeness (QED) is 0.556. The summed E-state index contributed by atoms with van der Waals surface area (Å²) in [6.07, 6.45) is 0.154. The molecular weight excluding hydrogens is 428 g/mol. The van der Waals surface area contributed by atoms with Gasteiger partial charge < -0.3 is 18.8 Å². The van der Waals surface area contributed by atoms with E-state index in [-0.39, 0.29) is 12.4 Å². The fourth-order valence-corrected chi connectivity index (χ4v) is 4.41. The Labute approximate surface area is 181 Å². The van der Waals surface area contributed by atoms with Crippen LogP contribution in [0.25, 0.3) is 10.2 Å². The molecule has 0 aliphatic carbocycles. The smallest absolute Gasteiger partial charge is 0.307 e. The normalized spacial score (nSPS) is 13.5. The minimum atomic E-state index is -0.450. The lowest BCUT2D eigenvalue weighted by Crippen LogP contribution is -2.20. The van der Waals surface area contributed by atoms with E-state index in [4.69, 9.17) is 25.8 Å². The first-order chi connectivity index (χ1) is 14.6. The maximum absolute atomic E-state index is 12.8. The monoisotopic (exact) mass is 446 g/mol. The number of carbonyl (C=O) groups excluding carboxylic acids is 2. The van der Waals surface area contributed by atoms with Crippen LogP contribution in [-0.2, 0) is 16.1 Å². The summed E-state index contributed by atoms with van der Waals surface area (Å²) in [7, 11) is 0. The van der Waals surface area contributed by atoms with Crippen LogP contribution < -0.4 is 14.3 Å². The lowest BCUT2D eigenvalue weighted by molar-refractivity contribution is -0.143. The molecule has 0 N–H and O–H groups in total. The molecule has 0 atom stereocenters. The molecule has 2 heterocycles.